The number of aromatic nitrogens is 4. The molecule has 1 fully saturated rings. The van der Waals surface area contributed by atoms with Gasteiger partial charge < -0.3 is 30.1 Å². The van der Waals surface area contributed by atoms with Crippen molar-refractivity contribution in [2.45, 2.75) is 23.0 Å². The number of methoxy groups -OCH3 is 1. The molecule has 15 nitrogen and oxygen atoms in total. The highest BCUT2D eigenvalue weighted by Crippen LogP contribution is 2.41. The predicted molar refractivity (Wildman–Crippen MR) is 117 cm³/mol. The fourth-order valence-corrected chi connectivity index (χ4v) is 4.72. The Kier molecular flexibility index (Phi) is 6.66. The maximum Gasteiger partial charge on any atom is 0.352 e. The molecule has 3 atom stereocenters. The van der Waals surface area contributed by atoms with Crippen LogP contribution in [0.1, 0.15) is 11.5 Å². The summed E-state index contributed by atoms with van der Waals surface area (Å²) >= 11 is 1.14. The Labute approximate surface area is 206 Å². The molecule has 1 aromatic carbocycles. The number of thioether (sulfide) groups is 1. The van der Waals surface area contributed by atoms with Gasteiger partial charge in [-0.25, -0.2) is 9.48 Å². The van der Waals surface area contributed by atoms with Crippen LogP contribution in [-0.2, 0) is 35.7 Å². The Morgan fingerprint density at radius 3 is 2.56 bits per heavy atom. The van der Waals surface area contributed by atoms with Gasteiger partial charge in [-0.3, -0.25) is 19.3 Å². The number of hydrogen-bond donors (Lipinski definition) is 4. The fourth-order valence-electron chi connectivity index (χ4n) is 3.88. The zero-order valence-electron chi connectivity index (χ0n) is 18.8. The van der Waals surface area contributed by atoms with Crippen LogP contribution in [0.15, 0.2) is 40.7 Å². The Balaban J connectivity index is 1.58. The molecule has 0 saturated carbocycles. The predicted octanol–water partition coefficient (Wildman–Crippen LogP) is -1.13. The SMILES string of the molecule is CO[C@]1(NC(=O)[C@@H](C(=O)O)c2ccc(O)cc2)C(=O)N2C(C(=O)O)=C(CSc3nnnn3C)CO[C@H]21. The number of carbonyl (C=O) groups is 4. The van der Waals surface area contributed by atoms with Gasteiger partial charge in [0, 0.05) is 19.9 Å². The van der Waals surface area contributed by atoms with Gasteiger partial charge in [0.2, 0.25) is 11.1 Å². The third-order valence-electron chi connectivity index (χ3n) is 5.64. The number of aryl methyl sites for hydroxylation is 1. The molecule has 2 aromatic rings. The van der Waals surface area contributed by atoms with Crippen molar-refractivity contribution < 1.29 is 44.0 Å². The van der Waals surface area contributed by atoms with Crippen molar-refractivity contribution in [1.29, 1.82) is 0 Å². The van der Waals surface area contributed by atoms with Crippen molar-refractivity contribution in [1.82, 2.24) is 30.4 Å². The third-order valence-corrected chi connectivity index (χ3v) is 6.73. The summed E-state index contributed by atoms with van der Waals surface area (Å²) in [6.07, 6.45) is -1.36. The fraction of sp³-hybridized carbons (Fsp3) is 0.350. The molecule has 2 aliphatic heterocycles. The van der Waals surface area contributed by atoms with E-state index in [1.165, 1.54) is 28.9 Å². The maximum atomic E-state index is 13.2. The molecule has 0 spiro atoms. The zero-order chi connectivity index (χ0) is 26.2. The Hall–Kier alpha value is -4.02. The van der Waals surface area contributed by atoms with E-state index >= 15 is 0 Å². The number of benzene rings is 1. The molecule has 0 radical (unpaired) electrons. The van der Waals surface area contributed by atoms with Crippen LogP contribution in [0.25, 0.3) is 0 Å². The number of tetrazole rings is 1. The van der Waals surface area contributed by atoms with Gasteiger partial charge in [0.1, 0.15) is 11.4 Å². The van der Waals surface area contributed by atoms with Crippen molar-refractivity contribution in [3.8, 4) is 5.75 Å². The van der Waals surface area contributed by atoms with Crippen molar-refractivity contribution in [3.05, 3.63) is 41.1 Å². The maximum absolute atomic E-state index is 13.2. The van der Waals surface area contributed by atoms with Crippen LogP contribution in [-0.4, -0.2) is 95.6 Å². The van der Waals surface area contributed by atoms with Gasteiger partial charge in [0.05, 0.1) is 6.61 Å². The number of nitrogens with zero attached hydrogens (tertiary/aromatic N) is 5. The first kappa shape index (κ1) is 25.1. The van der Waals surface area contributed by atoms with E-state index in [2.05, 4.69) is 20.8 Å². The lowest BCUT2D eigenvalue weighted by Gasteiger charge is -2.55. The summed E-state index contributed by atoms with van der Waals surface area (Å²) in [4.78, 5) is 51.0. The van der Waals surface area contributed by atoms with Crippen LogP contribution in [0.5, 0.6) is 5.75 Å². The van der Waals surface area contributed by atoms with Crippen molar-refractivity contribution >= 4 is 35.5 Å². The molecule has 4 N–H and O–H groups in total. The summed E-state index contributed by atoms with van der Waals surface area (Å²) in [7, 11) is 2.71. The number of phenolic OH excluding ortho intramolecular Hbond substituents is 1. The molecule has 4 rings (SSSR count). The average molecular weight is 520 g/mol. The lowest BCUT2D eigenvalue weighted by atomic mass is 9.92. The second-order valence-corrected chi connectivity index (χ2v) is 8.70. The Morgan fingerprint density at radius 1 is 1.31 bits per heavy atom. The number of nitrogens with one attached hydrogen (secondary N) is 1. The van der Waals surface area contributed by atoms with Gasteiger partial charge in [-0.2, -0.15) is 0 Å². The van der Waals surface area contributed by atoms with Crippen molar-refractivity contribution in [2.75, 3.05) is 19.5 Å². The summed E-state index contributed by atoms with van der Waals surface area (Å²) in [6, 6.07) is 4.93. The second kappa shape index (κ2) is 9.56. The minimum atomic E-state index is -2.14. The van der Waals surface area contributed by atoms with E-state index in [0.29, 0.717) is 5.16 Å². The molecule has 2 aliphatic rings. The van der Waals surface area contributed by atoms with Crippen molar-refractivity contribution in [2.24, 2.45) is 7.05 Å². The smallest absolute Gasteiger partial charge is 0.352 e. The number of carboxylic acid groups (broad SMARTS) is 2. The van der Waals surface area contributed by atoms with E-state index in [4.69, 9.17) is 9.47 Å². The van der Waals surface area contributed by atoms with Gasteiger partial charge in [-0.15, -0.1) is 5.10 Å². The zero-order valence-corrected chi connectivity index (χ0v) is 19.6. The number of aromatic hydroxyl groups is 1. The summed E-state index contributed by atoms with van der Waals surface area (Å²) in [5.74, 6) is -6.73. The normalized spacial score (nSPS) is 22.0. The highest BCUT2D eigenvalue weighted by Gasteiger charge is 2.68. The van der Waals surface area contributed by atoms with E-state index in [0.717, 1.165) is 23.8 Å². The second-order valence-electron chi connectivity index (χ2n) is 7.76. The Morgan fingerprint density at radius 2 is 2.00 bits per heavy atom. The first-order valence-corrected chi connectivity index (χ1v) is 11.2. The molecule has 3 heterocycles. The molecular formula is C20H20N6O9S. The van der Waals surface area contributed by atoms with Gasteiger partial charge >= 0.3 is 11.9 Å². The first-order chi connectivity index (χ1) is 17.1. The lowest BCUT2D eigenvalue weighted by molar-refractivity contribution is -0.258. The number of aliphatic carboxylic acids is 2. The number of fused-ring (bicyclic) bond motifs is 1. The number of carbonyl (C=O) groups excluding carboxylic acids is 2. The minimum absolute atomic E-state index is 0.0425. The van der Waals surface area contributed by atoms with Crippen LogP contribution in [0.4, 0.5) is 0 Å². The molecule has 0 aliphatic carbocycles. The molecule has 190 valence electrons. The van der Waals surface area contributed by atoms with Crippen molar-refractivity contribution in [3.63, 3.8) is 0 Å². The van der Waals surface area contributed by atoms with E-state index in [9.17, 15) is 34.5 Å². The number of amides is 2. The molecule has 0 bridgehead atoms. The minimum Gasteiger partial charge on any atom is -0.508 e. The van der Waals surface area contributed by atoms with E-state index < -0.39 is 41.6 Å². The van der Waals surface area contributed by atoms with Crippen LogP contribution in [0.3, 0.4) is 0 Å². The van der Waals surface area contributed by atoms with Gasteiger partial charge in [0.15, 0.2) is 12.1 Å². The Bertz CT molecular complexity index is 1260. The largest absolute Gasteiger partial charge is 0.508 e. The van der Waals surface area contributed by atoms with Crippen LogP contribution in [0.2, 0.25) is 0 Å². The highest BCUT2D eigenvalue weighted by molar-refractivity contribution is 7.99. The quantitative estimate of drug-likeness (QED) is 0.134. The van der Waals surface area contributed by atoms with E-state index in [1.54, 1.807) is 7.05 Å². The highest BCUT2D eigenvalue weighted by atomic mass is 32.2. The number of carboxylic acids is 2. The molecule has 1 aromatic heterocycles. The number of β-lactam (4-membered cyclic amide) rings is 1. The summed E-state index contributed by atoms with van der Waals surface area (Å²) in [6.45, 7) is -0.213. The third kappa shape index (κ3) is 4.14. The lowest BCUT2D eigenvalue weighted by Crippen LogP contribution is -2.82. The number of ether oxygens (including phenoxy) is 2. The number of hydrogen-bond acceptors (Lipinski definition) is 11. The first-order valence-electron chi connectivity index (χ1n) is 10.2. The summed E-state index contributed by atoms with van der Waals surface area (Å²) < 4.78 is 12.4. The molecule has 16 heteroatoms. The number of phenols is 1. The van der Waals surface area contributed by atoms with Gasteiger partial charge in [-0.1, -0.05) is 23.9 Å². The van der Waals surface area contributed by atoms with Crippen LogP contribution >= 0.6 is 11.8 Å². The molecule has 36 heavy (non-hydrogen) atoms. The van der Waals surface area contributed by atoms with Crippen LogP contribution < -0.4 is 5.32 Å². The molecule has 2 amide bonds. The van der Waals surface area contributed by atoms with E-state index in [-0.39, 0.29) is 34.9 Å². The summed E-state index contributed by atoms with van der Waals surface area (Å²) in [5, 5.41) is 42.6. The molecule has 1 saturated heterocycles. The monoisotopic (exact) mass is 520 g/mol. The van der Waals surface area contributed by atoms with E-state index in [1.807, 2.05) is 0 Å². The topological polar surface area (TPSA) is 206 Å². The molecule has 0 unspecified atom stereocenters. The average Bonchev–Trinajstić information content (AvgIpc) is 3.25. The van der Waals surface area contributed by atoms with Gasteiger partial charge in [0.25, 0.3) is 11.6 Å². The van der Waals surface area contributed by atoms with Gasteiger partial charge in [-0.05, 0) is 33.7 Å². The van der Waals surface area contributed by atoms with Crippen LogP contribution in [0, 0.1) is 0 Å². The number of rotatable bonds is 9. The molecular weight excluding hydrogens is 500 g/mol. The summed E-state index contributed by atoms with van der Waals surface area (Å²) in [5.41, 5.74) is -2.17. The standard InChI is InChI=1S/C20H20N6O9S/c1-25-19(22-23-24-25)36-8-10-7-35-18-20(34-2,17(33)26(18)13(10)16(31)32)21-14(28)12(15(29)30)9-3-5-11(27)6-4-9/h3-6,12,18,27H,7-8H2,1-2H3,(H,21,28)(H,29,30)(H,31,32)/t12-,18-,20+/m0/s1.